The lowest BCUT2D eigenvalue weighted by atomic mass is 10.0. The standard InChI is InChI=1S/C22H16O12.C17H14O4/c1-8-5-12(24)10(6-23)19-15(8)22(31)34-20-11(7-32-14(27)4-3-13(25)26)17(28)16(21(29)30)9(2)18(20)33-19;1-19-12-5-3-4-11(8-12)16-10-15(18)14-7-6-13(20-2)9-17(14)21-16/h3-6,24,28H,7H2,1-2H3,(H,25,26)(H,29,30);3-10H,1-2H3. The maximum atomic E-state index is 12.9. The van der Waals surface area contributed by atoms with Crippen molar-refractivity contribution in [2.45, 2.75) is 20.5 Å². The van der Waals surface area contributed by atoms with Gasteiger partial charge in [0.2, 0.25) is 0 Å². The number of fused-ring (bicyclic) bond motifs is 3. The van der Waals surface area contributed by atoms with Gasteiger partial charge in [0.25, 0.3) is 0 Å². The minimum atomic E-state index is -1.60. The van der Waals surface area contributed by atoms with Gasteiger partial charge in [0.15, 0.2) is 29.0 Å². The van der Waals surface area contributed by atoms with Crippen LogP contribution in [0.1, 0.15) is 47.8 Å². The number of rotatable bonds is 9. The molecular weight excluding hydrogens is 724 g/mol. The molecule has 0 fully saturated rings. The van der Waals surface area contributed by atoms with E-state index in [1.54, 1.807) is 32.4 Å². The molecule has 5 aromatic rings. The van der Waals surface area contributed by atoms with Crippen molar-refractivity contribution in [1.29, 1.82) is 0 Å². The molecule has 0 aliphatic carbocycles. The lowest BCUT2D eigenvalue weighted by Crippen LogP contribution is -2.13. The van der Waals surface area contributed by atoms with Crippen molar-refractivity contribution in [1.82, 2.24) is 0 Å². The Labute approximate surface area is 309 Å². The first-order valence-corrected chi connectivity index (χ1v) is 15.9. The summed E-state index contributed by atoms with van der Waals surface area (Å²) in [6.07, 6.45) is 1.30. The Balaban J connectivity index is 0.000000235. The number of benzene rings is 4. The second-order valence-electron chi connectivity index (χ2n) is 11.6. The van der Waals surface area contributed by atoms with Gasteiger partial charge in [-0.3, -0.25) is 9.59 Å². The molecule has 0 bridgehead atoms. The highest BCUT2D eigenvalue weighted by atomic mass is 16.6. The molecule has 4 N–H and O–H groups in total. The van der Waals surface area contributed by atoms with Crippen LogP contribution in [-0.2, 0) is 20.9 Å². The number of aryl methyl sites for hydroxylation is 1. The van der Waals surface area contributed by atoms with Crippen LogP contribution in [0, 0.1) is 13.8 Å². The van der Waals surface area contributed by atoms with E-state index < -0.39 is 70.2 Å². The number of carboxylic acids is 2. The van der Waals surface area contributed by atoms with Crippen molar-refractivity contribution in [3.8, 4) is 51.6 Å². The van der Waals surface area contributed by atoms with Crippen LogP contribution in [0.4, 0.5) is 0 Å². The normalized spacial score (nSPS) is 11.5. The Hall–Kier alpha value is -7.62. The van der Waals surface area contributed by atoms with Gasteiger partial charge in [-0.1, -0.05) is 12.1 Å². The highest BCUT2D eigenvalue weighted by Gasteiger charge is 2.36. The molecule has 6 rings (SSSR count). The van der Waals surface area contributed by atoms with Crippen LogP contribution in [0.25, 0.3) is 22.3 Å². The molecule has 0 amide bonds. The van der Waals surface area contributed by atoms with Gasteiger partial charge in [0.05, 0.1) is 30.7 Å². The number of carboxylic acid groups (broad SMARTS) is 2. The average Bonchev–Trinajstić information content (AvgIpc) is 3.30. The first kappa shape index (κ1) is 38.6. The van der Waals surface area contributed by atoms with Crippen LogP contribution in [0.3, 0.4) is 0 Å². The van der Waals surface area contributed by atoms with Gasteiger partial charge < -0.3 is 48.5 Å². The SMILES string of the molecule is COc1cccc(-c2cc(=O)c3ccc(OC)cc3o2)c1.Cc1cc(O)c(C=O)c2c1C(=O)Oc1c(COC(=O)C=CC(=O)O)c(O)c(C(=O)O)c(C)c1O2. The Kier molecular flexibility index (Phi) is 11.2. The quantitative estimate of drug-likeness (QED) is 0.0609. The fourth-order valence-corrected chi connectivity index (χ4v) is 5.50. The fourth-order valence-electron chi connectivity index (χ4n) is 5.50. The predicted molar refractivity (Wildman–Crippen MR) is 191 cm³/mol. The number of carbonyl (C=O) groups is 5. The number of aliphatic carboxylic acids is 1. The lowest BCUT2D eigenvalue weighted by molar-refractivity contribution is -0.139. The van der Waals surface area contributed by atoms with Crippen LogP contribution in [0.15, 0.2) is 76.0 Å². The number of esters is 2. The summed E-state index contributed by atoms with van der Waals surface area (Å²) >= 11 is 0. The fraction of sp³-hybridized carbons (Fsp3) is 0.128. The third-order valence-corrected chi connectivity index (χ3v) is 8.16. The molecule has 0 saturated heterocycles. The molecule has 0 unspecified atom stereocenters. The molecule has 0 radical (unpaired) electrons. The molecule has 1 aromatic heterocycles. The average molecular weight is 755 g/mol. The molecule has 0 spiro atoms. The number of aromatic hydroxyl groups is 2. The summed E-state index contributed by atoms with van der Waals surface area (Å²) in [6.45, 7) is 1.83. The summed E-state index contributed by atoms with van der Waals surface area (Å²) in [6, 6.07) is 15.2. The lowest BCUT2D eigenvalue weighted by Gasteiger charge is -2.18. The zero-order valence-electron chi connectivity index (χ0n) is 29.3. The number of phenols is 2. The van der Waals surface area contributed by atoms with Gasteiger partial charge in [-0.2, -0.15) is 0 Å². The molecule has 16 heteroatoms. The number of hydrogen-bond donors (Lipinski definition) is 4. The van der Waals surface area contributed by atoms with E-state index in [1.165, 1.54) is 19.9 Å². The number of ether oxygens (including phenoxy) is 5. The zero-order valence-corrected chi connectivity index (χ0v) is 29.3. The molecule has 1 aliphatic rings. The van der Waals surface area contributed by atoms with E-state index in [0.29, 0.717) is 40.4 Å². The Morgan fingerprint density at radius 2 is 1.55 bits per heavy atom. The van der Waals surface area contributed by atoms with Gasteiger partial charge in [-0.05, 0) is 49.7 Å². The van der Waals surface area contributed by atoms with Gasteiger partial charge in [0.1, 0.15) is 52.1 Å². The topological polar surface area (TPSA) is 243 Å². The highest BCUT2D eigenvalue weighted by Crippen LogP contribution is 2.50. The van der Waals surface area contributed by atoms with Crippen molar-refractivity contribution in [2.75, 3.05) is 14.2 Å². The van der Waals surface area contributed by atoms with Crippen LogP contribution in [0.5, 0.6) is 40.2 Å². The Bertz CT molecular complexity index is 2490. The molecule has 55 heavy (non-hydrogen) atoms. The second kappa shape index (κ2) is 16.0. The second-order valence-corrected chi connectivity index (χ2v) is 11.6. The van der Waals surface area contributed by atoms with Gasteiger partial charge in [-0.25, -0.2) is 19.2 Å². The summed E-state index contributed by atoms with van der Waals surface area (Å²) in [7, 11) is 3.17. The number of carbonyl (C=O) groups excluding carboxylic acids is 3. The summed E-state index contributed by atoms with van der Waals surface area (Å²) in [4.78, 5) is 70.8. The van der Waals surface area contributed by atoms with Gasteiger partial charge >= 0.3 is 23.9 Å². The van der Waals surface area contributed by atoms with E-state index in [9.17, 15) is 44.1 Å². The number of phenolic OH excluding ortho intramolecular Hbond substituents is 1. The van der Waals surface area contributed by atoms with E-state index in [1.807, 2.05) is 24.3 Å². The summed E-state index contributed by atoms with van der Waals surface area (Å²) in [5, 5.41) is 39.4. The first-order valence-electron chi connectivity index (χ1n) is 15.9. The molecule has 0 atom stereocenters. The van der Waals surface area contributed by atoms with Gasteiger partial charge in [-0.15, -0.1) is 0 Å². The molecular formula is C39H30O16. The summed E-state index contributed by atoms with van der Waals surface area (Å²) in [5.74, 6) is -6.05. The number of methoxy groups -OCH3 is 2. The van der Waals surface area contributed by atoms with Crippen molar-refractivity contribution >= 4 is 41.1 Å². The Morgan fingerprint density at radius 3 is 2.20 bits per heavy atom. The van der Waals surface area contributed by atoms with Crippen LogP contribution < -0.4 is 24.4 Å². The third kappa shape index (κ3) is 7.92. The molecule has 16 nitrogen and oxygen atoms in total. The van der Waals surface area contributed by atoms with E-state index in [0.717, 1.165) is 11.6 Å². The van der Waals surface area contributed by atoms with Crippen LogP contribution in [-0.4, -0.2) is 64.8 Å². The molecule has 0 saturated carbocycles. The van der Waals surface area contributed by atoms with Crippen molar-refractivity contribution in [3.05, 3.63) is 110 Å². The van der Waals surface area contributed by atoms with E-state index in [-0.39, 0.29) is 34.2 Å². The summed E-state index contributed by atoms with van der Waals surface area (Å²) in [5.41, 5.74) is -0.601. The van der Waals surface area contributed by atoms with E-state index in [4.69, 9.17) is 33.2 Å². The van der Waals surface area contributed by atoms with Crippen molar-refractivity contribution in [3.63, 3.8) is 0 Å². The first-order chi connectivity index (χ1) is 26.2. The molecule has 2 heterocycles. The minimum Gasteiger partial charge on any atom is -0.507 e. The zero-order chi connectivity index (χ0) is 40.1. The van der Waals surface area contributed by atoms with Crippen molar-refractivity contribution in [2.24, 2.45) is 0 Å². The minimum absolute atomic E-state index is 0.0864. The molecule has 4 aromatic carbocycles. The third-order valence-electron chi connectivity index (χ3n) is 8.16. The van der Waals surface area contributed by atoms with Gasteiger partial charge in [0, 0.05) is 35.4 Å². The predicted octanol–water partition coefficient (Wildman–Crippen LogP) is 5.71. The maximum absolute atomic E-state index is 12.9. The molecule has 282 valence electrons. The van der Waals surface area contributed by atoms with Crippen molar-refractivity contribution < 1.29 is 72.5 Å². The smallest absolute Gasteiger partial charge is 0.347 e. The van der Waals surface area contributed by atoms with Crippen LogP contribution in [0.2, 0.25) is 0 Å². The maximum Gasteiger partial charge on any atom is 0.347 e. The number of aromatic carboxylic acids is 1. The van der Waals surface area contributed by atoms with Crippen LogP contribution >= 0.6 is 0 Å². The summed E-state index contributed by atoms with van der Waals surface area (Å²) < 4.78 is 32.1. The Morgan fingerprint density at radius 1 is 0.836 bits per heavy atom. The van der Waals surface area contributed by atoms with E-state index in [2.05, 4.69) is 0 Å². The molecule has 1 aliphatic heterocycles. The monoisotopic (exact) mass is 754 g/mol. The van der Waals surface area contributed by atoms with E-state index >= 15 is 0 Å². The largest absolute Gasteiger partial charge is 0.507 e. The number of hydrogen-bond acceptors (Lipinski definition) is 14. The highest BCUT2D eigenvalue weighted by molar-refractivity contribution is 6.03. The number of aldehydes is 1.